The van der Waals surface area contributed by atoms with Crippen LogP contribution in [0.4, 0.5) is 5.82 Å². The van der Waals surface area contributed by atoms with Crippen molar-refractivity contribution in [2.75, 3.05) is 5.32 Å². The number of aromatic amines is 1. The molecule has 1 aliphatic carbocycles. The average Bonchev–Trinajstić information content (AvgIpc) is 3.60. The lowest BCUT2D eigenvalue weighted by Crippen LogP contribution is -2.38. The lowest BCUT2D eigenvalue weighted by molar-refractivity contribution is -0.121. The Kier molecular flexibility index (Phi) is 6.10. The fourth-order valence-corrected chi connectivity index (χ4v) is 5.39. The summed E-state index contributed by atoms with van der Waals surface area (Å²) in [6, 6.07) is 14.7. The van der Waals surface area contributed by atoms with Gasteiger partial charge in [0.25, 0.3) is 5.56 Å². The molecule has 1 aliphatic rings. The predicted molar refractivity (Wildman–Crippen MR) is 135 cm³/mol. The molecule has 9 heteroatoms. The first kappa shape index (κ1) is 22.6. The van der Waals surface area contributed by atoms with Crippen LogP contribution < -0.4 is 10.9 Å². The molecule has 0 unspecified atom stereocenters. The Hall–Kier alpha value is -3.23. The summed E-state index contributed by atoms with van der Waals surface area (Å²) in [5, 5.41) is 10.4. The van der Waals surface area contributed by atoms with Gasteiger partial charge in [-0.3, -0.25) is 14.6 Å². The summed E-state index contributed by atoms with van der Waals surface area (Å²) < 4.78 is 1.51. The van der Waals surface area contributed by atoms with Crippen molar-refractivity contribution >= 4 is 34.7 Å². The number of halogens is 1. The number of benzene rings is 1. The third-order valence-corrected chi connectivity index (χ3v) is 7.50. The summed E-state index contributed by atoms with van der Waals surface area (Å²) in [7, 11) is 0. The van der Waals surface area contributed by atoms with Crippen LogP contribution in [0, 0.1) is 0 Å². The molecule has 1 fully saturated rings. The van der Waals surface area contributed by atoms with E-state index in [1.54, 1.807) is 11.3 Å². The van der Waals surface area contributed by atoms with E-state index in [0.29, 0.717) is 28.6 Å². The maximum atomic E-state index is 13.8. The van der Waals surface area contributed by atoms with Crippen molar-refractivity contribution in [3.05, 3.63) is 80.5 Å². The van der Waals surface area contributed by atoms with Crippen molar-refractivity contribution in [1.29, 1.82) is 0 Å². The number of aromatic nitrogens is 4. The van der Waals surface area contributed by atoms with E-state index in [2.05, 4.69) is 20.4 Å². The van der Waals surface area contributed by atoms with Gasteiger partial charge in [0.05, 0.1) is 10.3 Å². The van der Waals surface area contributed by atoms with Crippen molar-refractivity contribution in [3.63, 3.8) is 0 Å². The van der Waals surface area contributed by atoms with Gasteiger partial charge in [0.1, 0.15) is 11.5 Å². The third kappa shape index (κ3) is 4.19. The highest BCUT2D eigenvalue weighted by atomic mass is 35.5. The van der Waals surface area contributed by atoms with Crippen LogP contribution in [0.5, 0.6) is 0 Å². The van der Waals surface area contributed by atoms with E-state index >= 15 is 0 Å². The molecule has 4 aromatic rings. The van der Waals surface area contributed by atoms with Crippen LogP contribution in [-0.2, 0) is 16.6 Å². The second-order valence-electron chi connectivity index (χ2n) is 8.47. The summed E-state index contributed by atoms with van der Waals surface area (Å²) in [5.41, 5.74) is 1.39. The minimum atomic E-state index is -0.644. The predicted octanol–water partition coefficient (Wildman–Crippen LogP) is 5.35. The molecule has 34 heavy (non-hydrogen) atoms. The van der Waals surface area contributed by atoms with E-state index in [9.17, 15) is 9.59 Å². The zero-order valence-electron chi connectivity index (χ0n) is 18.7. The minimum Gasteiger partial charge on any atom is -0.310 e. The van der Waals surface area contributed by atoms with Crippen LogP contribution in [0.25, 0.3) is 16.5 Å². The Balaban J connectivity index is 1.57. The van der Waals surface area contributed by atoms with E-state index in [1.165, 1.54) is 10.7 Å². The molecule has 5 rings (SSSR count). The van der Waals surface area contributed by atoms with Gasteiger partial charge in [-0.15, -0.1) is 11.3 Å². The third-order valence-electron chi connectivity index (χ3n) is 6.36. The molecule has 174 valence electrons. The van der Waals surface area contributed by atoms with E-state index < -0.39 is 5.41 Å². The molecule has 1 saturated carbocycles. The highest BCUT2D eigenvalue weighted by molar-refractivity contribution is 7.13. The van der Waals surface area contributed by atoms with Crippen molar-refractivity contribution in [1.82, 2.24) is 19.7 Å². The number of anilines is 1. The van der Waals surface area contributed by atoms with Crippen molar-refractivity contribution in [2.24, 2.45) is 0 Å². The van der Waals surface area contributed by atoms with E-state index in [-0.39, 0.29) is 17.4 Å². The summed E-state index contributed by atoms with van der Waals surface area (Å²) in [6.45, 7) is 1.93. The first-order chi connectivity index (χ1) is 16.5. The molecule has 0 atom stereocenters. The fraction of sp³-hybridized carbons (Fsp3) is 0.280. The van der Waals surface area contributed by atoms with Gasteiger partial charge in [-0.25, -0.2) is 4.98 Å². The number of rotatable bonds is 6. The number of amides is 1. The van der Waals surface area contributed by atoms with Gasteiger partial charge in [-0.05, 0) is 48.4 Å². The second-order valence-corrected chi connectivity index (χ2v) is 9.85. The van der Waals surface area contributed by atoms with Gasteiger partial charge in [0.2, 0.25) is 11.9 Å². The van der Waals surface area contributed by atoms with Crippen molar-refractivity contribution in [2.45, 2.75) is 44.4 Å². The second kappa shape index (κ2) is 9.19. The highest BCUT2D eigenvalue weighted by Crippen LogP contribution is 2.42. The van der Waals surface area contributed by atoms with Crippen molar-refractivity contribution < 1.29 is 4.79 Å². The van der Waals surface area contributed by atoms with Crippen LogP contribution in [0.2, 0.25) is 5.02 Å². The summed E-state index contributed by atoms with van der Waals surface area (Å²) in [5.74, 6) is 0.639. The number of aryl methyl sites for hydroxylation is 1. The minimum absolute atomic E-state index is 0.0970. The SMILES string of the molecule is CCc1cc(=O)[nH]c(-n2nc(-c3cccs3)cc2NC(=O)C2(c3ccc(Cl)cc3)CCCC2)n1. The number of thiophene rings is 1. The number of carbonyl (C=O) groups excluding carboxylic acids is 1. The number of carbonyl (C=O) groups is 1. The van der Waals surface area contributed by atoms with Gasteiger partial charge >= 0.3 is 0 Å². The Morgan fingerprint density at radius 2 is 1.97 bits per heavy atom. The number of nitrogens with zero attached hydrogens (tertiary/aromatic N) is 3. The summed E-state index contributed by atoms with van der Waals surface area (Å²) in [4.78, 5) is 34.3. The molecule has 0 saturated heterocycles. The first-order valence-corrected chi connectivity index (χ1v) is 12.6. The maximum Gasteiger partial charge on any atom is 0.252 e. The van der Waals surface area contributed by atoms with Gasteiger partial charge in [0, 0.05) is 22.8 Å². The van der Waals surface area contributed by atoms with Gasteiger partial charge < -0.3 is 5.32 Å². The maximum absolute atomic E-state index is 13.8. The average molecular weight is 494 g/mol. The molecule has 1 amide bonds. The van der Waals surface area contributed by atoms with Crippen molar-refractivity contribution in [3.8, 4) is 16.5 Å². The number of hydrogen-bond acceptors (Lipinski definition) is 5. The smallest absolute Gasteiger partial charge is 0.252 e. The first-order valence-electron chi connectivity index (χ1n) is 11.3. The lowest BCUT2D eigenvalue weighted by atomic mass is 9.78. The topological polar surface area (TPSA) is 92.7 Å². The molecule has 1 aromatic carbocycles. The molecule has 7 nitrogen and oxygen atoms in total. The van der Waals surface area contributed by atoms with Gasteiger partial charge in [-0.1, -0.05) is 49.6 Å². The van der Waals surface area contributed by atoms with Gasteiger partial charge in [0.15, 0.2) is 0 Å². The Labute approximate surface area is 205 Å². The van der Waals surface area contributed by atoms with Crippen LogP contribution >= 0.6 is 22.9 Å². The number of hydrogen-bond donors (Lipinski definition) is 2. The quantitative estimate of drug-likeness (QED) is 0.378. The zero-order chi connectivity index (χ0) is 23.7. The standard InChI is InChI=1S/C25H24ClN5O2S/c1-2-18-14-22(32)29-24(27-18)31-21(15-19(30-31)20-6-5-13-34-20)28-23(33)25(11-3-4-12-25)16-7-9-17(26)10-8-16/h5-10,13-15H,2-4,11-12H2,1H3,(H,28,33)(H,27,29,32). The monoisotopic (exact) mass is 493 g/mol. The normalized spacial score (nSPS) is 14.9. The highest BCUT2D eigenvalue weighted by Gasteiger charge is 2.43. The van der Waals surface area contributed by atoms with Gasteiger partial charge in [-0.2, -0.15) is 9.78 Å². The molecule has 3 aromatic heterocycles. The summed E-state index contributed by atoms with van der Waals surface area (Å²) in [6.07, 6.45) is 4.07. The number of H-pyrrole nitrogens is 1. The molecule has 3 heterocycles. The fourth-order valence-electron chi connectivity index (χ4n) is 4.58. The summed E-state index contributed by atoms with van der Waals surface area (Å²) >= 11 is 7.66. The molecular weight excluding hydrogens is 470 g/mol. The number of nitrogens with one attached hydrogen (secondary N) is 2. The molecule has 0 bridgehead atoms. The Bertz CT molecular complexity index is 1370. The molecule has 0 aliphatic heterocycles. The van der Waals surface area contributed by atoms with Crippen LogP contribution in [0.15, 0.2) is 58.7 Å². The molecule has 0 radical (unpaired) electrons. The zero-order valence-corrected chi connectivity index (χ0v) is 20.2. The van der Waals surface area contributed by atoms with Crippen LogP contribution in [0.1, 0.15) is 43.9 Å². The lowest BCUT2D eigenvalue weighted by Gasteiger charge is -2.28. The molecular formula is C25H24ClN5O2S. The Morgan fingerprint density at radius 1 is 1.21 bits per heavy atom. The van der Waals surface area contributed by atoms with E-state index in [0.717, 1.165) is 36.1 Å². The van der Waals surface area contributed by atoms with E-state index in [1.807, 2.05) is 54.8 Å². The molecule has 2 N–H and O–H groups in total. The van der Waals surface area contributed by atoms with Crippen LogP contribution in [-0.4, -0.2) is 25.7 Å². The Morgan fingerprint density at radius 3 is 2.65 bits per heavy atom. The van der Waals surface area contributed by atoms with E-state index in [4.69, 9.17) is 11.6 Å². The largest absolute Gasteiger partial charge is 0.310 e. The van der Waals surface area contributed by atoms with Crippen LogP contribution in [0.3, 0.4) is 0 Å². The molecule has 0 spiro atoms.